The summed E-state index contributed by atoms with van der Waals surface area (Å²) in [6.45, 7) is 2.27. The molecule has 0 aromatic carbocycles. The minimum absolute atomic E-state index is 0. The molecule has 2 heteroatoms. The van der Waals surface area contributed by atoms with Crippen molar-refractivity contribution in [3.63, 3.8) is 0 Å². The maximum absolute atomic E-state index is 2.51. The van der Waals surface area contributed by atoms with Crippen molar-refractivity contribution in [2.45, 2.75) is 45.4 Å². The summed E-state index contributed by atoms with van der Waals surface area (Å²) in [5, 5.41) is 0. The summed E-state index contributed by atoms with van der Waals surface area (Å²) < 4.78 is 0. The third-order valence-corrected chi connectivity index (χ3v) is 2.21. The van der Waals surface area contributed by atoms with Gasteiger partial charge >= 0.3 is 23.1 Å². The van der Waals surface area contributed by atoms with Crippen LogP contribution in [0.2, 0.25) is 0 Å². The van der Waals surface area contributed by atoms with E-state index in [2.05, 4.69) is 13.3 Å². The van der Waals surface area contributed by atoms with Gasteiger partial charge in [0.1, 0.15) is 0 Å². The van der Waals surface area contributed by atoms with Crippen molar-refractivity contribution >= 4 is 23.1 Å². The molecule has 1 rings (SSSR count). The molecule has 0 aromatic heterocycles. The van der Waals surface area contributed by atoms with Crippen LogP contribution < -0.4 is 17.0 Å². The van der Waals surface area contributed by atoms with Gasteiger partial charge in [0.05, 0.1) is 0 Å². The SMILES string of the molecule is CCCCC1[CH-]CCC1.[Br-].[Mg+2]. The van der Waals surface area contributed by atoms with Crippen LogP contribution in [-0.4, -0.2) is 23.1 Å². The zero-order valence-electron chi connectivity index (χ0n) is 7.48. The van der Waals surface area contributed by atoms with Crippen LogP contribution in [0.15, 0.2) is 0 Å². The zero-order valence-corrected chi connectivity index (χ0v) is 10.5. The molecule has 1 aliphatic carbocycles. The van der Waals surface area contributed by atoms with Crippen molar-refractivity contribution in [2.75, 3.05) is 0 Å². The van der Waals surface area contributed by atoms with Crippen LogP contribution in [0, 0.1) is 12.3 Å². The van der Waals surface area contributed by atoms with Crippen LogP contribution >= 0.6 is 0 Å². The summed E-state index contributed by atoms with van der Waals surface area (Å²) in [6.07, 6.45) is 11.1. The van der Waals surface area contributed by atoms with Crippen molar-refractivity contribution in [3.05, 3.63) is 6.42 Å². The average molecular weight is 229 g/mol. The van der Waals surface area contributed by atoms with Gasteiger partial charge in [-0.25, -0.2) is 0 Å². The number of unbranched alkanes of at least 4 members (excludes halogenated alkanes) is 1. The smallest absolute Gasteiger partial charge is 1.00 e. The molecule has 1 atom stereocenters. The molecule has 0 aromatic rings. The Balaban J connectivity index is 0. The van der Waals surface area contributed by atoms with Crippen LogP contribution in [0.25, 0.3) is 0 Å². The fraction of sp³-hybridized carbons (Fsp3) is 0.889. The quantitative estimate of drug-likeness (QED) is 0.465. The summed E-state index contributed by atoms with van der Waals surface area (Å²) in [4.78, 5) is 0. The molecule has 0 saturated heterocycles. The summed E-state index contributed by atoms with van der Waals surface area (Å²) >= 11 is 0. The van der Waals surface area contributed by atoms with Gasteiger partial charge in [0.15, 0.2) is 0 Å². The Morgan fingerprint density at radius 2 is 2.18 bits per heavy atom. The van der Waals surface area contributed by atoms with Crippen molar-refractivity contribution in [3.8, 4) is 0 Å². The van der Waals surface area contributed by atoms with E-state index < -0.39 is 0 Å². The van der Waals surface area contributed by atoms with Crippen LogP contribution in [-0.2, 0) is 0 Å². The summed E-state index contributed by atoms with van der Waals surface area (Å²) in [6, 6.07) is 0. The molecule has 1 fully saturated rings. The summed E-state index contributed by atoms with van der Waals surface area (Å²) in [7, 11) is 0. The van der Waals surface area contributed by atoms with Crippen molar-refractivity contribution < 1.29 is 17.0 Å². The van der Waals surface area contributed by atoms with Gasteiger partial charge < -0.3 is 23.4 Å². The standard InChI is InChI=1S/C9H17.BrH.Mg/c1-2-3-6-9-7-4-5-8-9;;/h7,9H,2-6,8H2,1H3;1H;/q-1;;+2/p-1. The molecule has 0 N–H and O–H groups in total. The Hall–Kier alpha value is 1.25. The van der Waals surface area contributed by atoms with E-state index in [1.807, 2.05) is 0 Å². The van der Waals surface area contributed by atoms with Gasteiger partial charge in [-0.15, -0.1) is 0 Å². The van der Waals surface area contributed by atoms with E-state index >= 15 is 0 Å². The van der Waals surface area contributed by atoms with Gasteiger partial charge in [0, 0.05) is 0 Å². The average Bonchev–Trinajstić information content (AvgIpc) is 2.34. The first kappa shape index (κ1) is 14.8. The Morgan fingerprint density at radius 1 is 1.45 bits per heavy atom. The molecular weight excluding hydrogens is 212 g/mol. The molecule has 1 unspecified atom stereocenters. The Bertz CT molecular complexity index is 70.0. The molecule has 62 valence electrons. The van der Waals surface area contributed by atoms with Crippen molar-refractivity contribution in [1.82, 2.24) is 0 Å². The first-order valence-corrected chi connectivity index (χ1v) is 4.27. The number of rotatable bonds is 3. The second kappa shape index (κ2) is 9.34. The minimum atomic E-state index is 0. The monoisotopic (exact) mass is 228 g/mol. The summed E-state index contributed by atoms with van der Waals surface area (Å²) in [5.41, 5.74) is 0. The van der Waals surface area contributed by atoms with E-state index in [4.69, 9.17) is 0 Å². The van der Waals surface area contributed by atoms with Gasteiger partial charge in [-0.1, -0.05) is 39.0 Å². The van der Waals surface area contributed by atoms with Crippen LogP contribution in [0.3, 0.4) is 0 Å². The molecule has 0 spiro atoms. The maximum atomic E-state index is 2.51. The fourth-order valence-corrected chi connectivity index (χ4v) is 1.58. The topological polar surface area (TPSA) is 0 Å². The van der Waals surface area contributed by atoms with E-state index in [0.29, 0.717) is 0 Å². The van der Waals surface area contributed by atoms with Crippen molar-refractivity contribution in [2.24, 2.45) is 5.92 Å². The summed E-state index contributed by atoms with van der Waals surface area (Å²) in [5.74, 6) is 0.991. The minimum Gasteiger partial charge on any atom is -1.00 e. The Kier molecular flexibility index (Phi) is 12.5. The predicted octanol–water partition coefficient (Wildman–Crippen LogP) is -0.196. The van der Waals surface area contributed by atoms with E-state index in [9.17, 15) is 0 Å². The second-order valence-electron chi connectivity index (χ2n) is 3.07. The predicted molar refractivity (Wildman–Crippen MR) is 46.9 cm³/mol. The van der Waals surface area contributed by atoms with Gasteiger partial charge in [-0.3, -0.25) is 0 Å². The fourth-order valence-electron chi connectivity index (χ4n) is 1.58. The second-order valence-corrected chi connectivity index (χ2v) is 3.07. The molecule has 0 bridgehead atoms. The van der Waals surface area contributed by atoms with E-state index in [-0.39, 0.29) is 40.0 Å². The van der Waals surface area contributed by atoms with Gasteiger partial charge in [0.2, 0.25) is 0 Å². The Labute approximate surface area is 97.4 Å². The third-order valence-electron chi connectivity index (χ3n) is 2.21. The van der Waals surface area contributed by atoms with Gasteiger partial charge in [0.25, 0.3) is 0 Å². The number of hydrogen-bond donors (Lipinski definition) is 0. The third kappa shape index (κ3) is 6.41. The maximum Gasteiger partial charge on any atom is 2.00 e. The van der Waals surface area contributed by atoms with E-state index in [1.165, 1.54) is 38.5 Å². The van der Waals surface area contributed by atoms with Crippen molar-refractivity contribution in [1.29, 1.82) is 0 Å². The molecule has 1 saturated carbocycles. The largest absolute Gasteiger partial charge is 2.00 e. The normalized spacial score (nSPS) is 22.1. The molecule has 1 aliphatic rings. The molecule has 11 heavy (non-hydrogen) atoms. The first-order chi connectivity index (χ1) is 4.43. The van der Waals surface area contributed by atoms with E-state index in [1.54, 1.807) is 0 Å². The van der Waals surface area contributed by atoms with E-state index in [0.717, 1.165) is 5.92 Å². The molecule has 0 aliphatic heterocycles. The molecule has 0 nitrogen and oxygen atoms in total. The number of hydrogen-bond acceptors (Lipinski definition) is 0. The van der Waals surface area contributed by atoms with Crippen LogP contribution in [0.5, 0.6) is 0 Å². The number of halogens is 1. The molecule has 0 heterocycles. The van der Waals surface area contributed by atoms with Crippen LogP contribution in [0.1, 0.15) is 45.4 Å². The van der Waals surface area contributed by atoms with Gasteiger partial charge in [-0.05, 0) is 0 Å². The van der Waals surface area contributed by atoms with Crippen LogP contribution in [0.4, 0.5) is 0 Å². The zero-order chi connectivity index (χ0) is 6.53. The van der Waals surface area contributed by atoms with Gasteiger partial charge in [-0.2, -0.15) is 12.3 Å². The Morgan fingerprint density at radius 3 is 2.64 bits per heavy atom. The molecular formula is C9H17BrMg. The molecule has 0 radical (unpaired) electrons. The molecule has 0 amide bonds. The first-order valence-electron chi connectivity index (χ1n) is 4.27.